The summed E-state index contributed by atoms with van der Waals surface area (Å²) < 4.78 is 16.3. The molecule has 5 rings (SSSR count). The quantitative estimate of drug-likeness (QED) is 0.570. The molecule has 0 unspecified atom stereocenters. The minimum Gasteiger partial charge on any atom is -0.378 e. The highest BCUT2D eigenvalue weighted by atomic mass is 31.2. The number of morpholine rings is 1. The minimum absolute atomic E-state index is 0.528. The van der Waals surface area contributed by atoms with Crippen molar-refractivity contribution < 1.29 is 4.74 Å². The lowest BCUT2D eigenvalue weighted by atomic mass is 10.0. The number of ether oxygens (including phenoxy) is 1. The first-order chi connectivity index (χ1) is 15.8. The van der Waals surface area contributed by atoms with E-state index in [0.717, 1.165) is 22.0 Å². The maximum Gasteiger partial charge on any atom is 0.150 e. The average Bonchev–Trinajstić information content (AvgIpc) is 2.90. The zero-order valence-electron chi connectivity index (χ0n) is 17.6. The highest BCUT2D eigenvalue weighted by Gasteiger charge is 2.34. The second-order valence-electron chi connectivity index (χ2n) is 7.60. The molecule has 2 aliphatic heterocycles. The Hall–Kier alpha value is -3.45. The fourth-order valence-corrected chi connectivity index (χ4v) is 7.05. The van der Waals surface area contributed by atoms with Gasteiger partial charge in [0.15, 0.2) is 0 Å². The van der Waals surface area contributed by atoms with Crippen LogP contribution in [-0.2, 0) is 4.74 Å². The number of allylic oxidation sites excluding steroid dienone is 1. The Morgan fingerprint density at radius 2 is 1.31 bits per heavy atom. The molecule has 0 amide bonds. The molecule has 0 N–H and O–H groups in total. The lowest BCUT2D eigenvalue weighted by molar-refractivity contribution is 0.0531. The summed E-state index contributed by atoms with van der Waals surface area (Å²) >= 11 is 0. The lowest BCUT2D eigenvalue weighted by Gasteiger charge is -2.34. The van der Waals surface area contributed by atoms with E-state index in [0.29, 0.717) is 37.6 Å². The van der Waals surface area contributed by atoms with Gasteiger partial charge in [0.25, 0.3) is 0 Å². The Labute approximate surface area is 188 Å². The minimum atomic E-state index is -2.57. The molecule has 6 heteroatoms. The first-order valence-electron chi connectivity index (χ1n) is 10.7. The van der Waals surface area contributed by atoms with E-state index < -0.39 is 7.21 Å². The van der Waals surface area contributed by atoms with Crippen LogP contribution in [-0.4, -0.2) is 36.9 Å². The summed E-state index contributed by atoms with van der Waals surface area (Å²) in [7, 11) is -2.57. The highest BCUT2D eigenvalue weighted by Crippen LogP contribution is 2.54. The Kier molecular flexibility index (Phi) is 5.73. The standard InChI is InChI=1S/C26H23N4OP/c27-20-24-25(21-10-4-1-5-11-21)28-32(22-12-6-2-7-13-22,23-14-8-3-9-15-23)29-26(24)30-16-18-31-19-17-30/h1-15H,16-19H2. The molecule has 158 valence electrons. The Balaban J connectivity index is 1.86. The maximum absolute atomic E-state index is 10.2. The number of nitrogens with zero attached hydrogens (tertiary/aromatic N) is 4. The summed E-state index contributed by atoms with van der Waals surface area (Å²) in [5.41, 5.74) is 2.17. The molecule has 0 bridgehead atoms. The fourth-order valence-electron chi connectivity index (χ4n) is 4.06. The molecule has 0 aromatic heterocycles. The van der Waals surface area contributed by atoms with Crippen LogP contribution in [0.3, 0.4) is 0 Å². The predicted octanol–water partition coefficient (Wildman–Crippen LogP) is 4.32. The van der Waals surface area contributed by atoms with E-state index in [1.807, 2.05) is 66.7 Å². The van der Waals surface area contributed by atoms with Gasteiger partial charge in [-0.15, -0.1) is 0 Å². The van der Waals surface area contributed by atoms with Crippen molar-refractivity contribution in [1.82, 2.24) is 4.90 Å². The molecule has 1 fully saturated rings. The van der Waals surface area contributed by atoms with Crippen molar-refractivity contribution in [2.45, 2.75) is 0 Å². The van der Waals surface area contributed by atoms with Crippen molar-refractivity contribution >= 4 is 23.5 Å². The molecule has 0 spiro atoms. The van der Waals surface area contributed by atoms with Crippen molar-refractivity contribution in [3.05, 3.63) is 108 Å². The van der Waals surface area contributed by atoms with E-state index in [1.54, 1.807) is 0 Å². The lowest BCUT2D eigenvalue weighted by Crippen LogP contribution is -2.37. The van der Waals surface area contributed by atoms with Crippen LogP contribution in [0.2, 0.25) is 0 Å². The van der Waals surface area contributed by atoms with Crippen molar-refractivity contribution in [1.29, 1.82) is 5.26 Å². The van der Waals surface area contributed by atoms with Crippen LogP contribution in [0.5, 0.6) is 0 Å². The number of hydrogen-bond acceptors (Lipinski definition) is 5. The summed E-state index contributed by atoms with van der Waals surface area (Å²) in [6.07, 6.45) is 0. The number of benzene rings is 3. The second kappa shape index (κ2) is 8.96. The summed E-state index contributed by atoms with van der Waals surface area (Å²) in [5.74, 6) is 0.727. The van der Waals surface area contributed by atoms with Crippen LogP contribution in [0, 0.1) is 11.3 Å². The molecule has 5 nitrogen and oxygen atoms in total. The molecule has 32 heavy (non-hydrogen) atoms. The molecule has 0 radical (unpaired) electrons. The highest BCUT2D eigenvalue weighted by molar-refractivity contribution is 7.80. The number of hydrogen-bond donors (Lipinski definition) is 0. The zero-order chi connectivity index (χ0) is 21.8. The molecule has 0 aliphatic carbocycles. The van der Waals surface area contributed by atoms with Gasteiger partial charge in [-0.25, -0.2) is 9.51 Å². The van der Waals surface area contributed by atoms with Crippen LogP contribution in [0.4, 0.5) is 0 Å². The van der Waals surface area contributed by atoms with Gasteiger partial charge in [0.05, 0.1) is 18.9 Å². The zero-order valence-corrected chi connectivity index (χ0v) is 18.5. The van der Waals surface area contributed by atoms with Gasteiger partial charge >= 0.3 is 0 Å². The van der Waals surface area contributed by atoms with Crippen LogP contribution in [0.15, 0.2) is 112 Å². The first kappa shape index (κ1) is 20.5. The Morgan fingerprint density at radius 1 is 0.781 bits per heavy atom. The monoisotopic (exact) mass is 438 g/mol. The topological polar surface area (TPSA) is 61.0 Å². The van der Waals surface area contributed by atoms with E-state index in [-0.39, 0.29) is 0 Å². The summed E-state index contributed by atoms with van der Waals surface area (Å²) in [6.45, 7) is 2.65. The van der Waals surface area contributed by atoms with E-state index in [9.17, 15) is 5.26 Å². The van der Waals surface area contributed by atoms with Crippen LogP contribution < -0.4 is 10.6 Å². The van der Waals surface area contributed by atoms with Gasteiger partial charge in [-0.3, -0.25) is 0 Å². The molecule has 3 aromatic rings. The molecule has 0 atom stereocenters. The van der Waals surface area contributed by atoms with Crippen LogP contribution in [0.1, 0.15) is 5.56 Å². The molecule has 3 aromatic carbocycles. The largest absolute Gasteiger partial charge is 0.378 e. The first-order valence-corrected chi connectivity index (χ1v) is 12.4. The maximum atomic E-state index is 10.2. The van der Waals surface area contributed by atoms with Crippen molar-refractivity contribution in [3.63, 3.8) is 0 Å². The molecular formula is C26H23N4OP. The second-order valence-corrected chi connectivity index (χ2v) is 10.2. The molecular weight excluding hydrogens is 415 g/mol. The van der Waals surface area contributed by atoms with E-state index in [4.69, 9.17) is 14.2 Å². The van der Waals surface area contributed by atoms with E-state index in [2.05, 4.69) is 35.2 Å². The van der Waals surface area contributed by atoms with Gasteiger partial charge in [0.1, 0.15) is 24.7 Å². The fraction of sp³-hybridized carbons (Fsp3) is 0.154. The summed E-state index contributed by atoms with van der Waals surface area (Å²) in [4.78, 5) is 2.18. The van der Waals surface area contributed by atoms with E-state index in [1.165, 1.54) is 0 Å². The molecule has 0 saturated carbocycles. The van der Waals surface area contributed by atoms with Crippen LogP contribution in [0.25, 0.3) is 0 Å². The van der Waals surface area contributed by atoms with Gasteiger partial charge in [-0.1, -0.05) is 91.0 Å². The Bertz CT molecular complexity index is 1210. The predicted molar refractivity (Wildman–Crippen MR) is 130 cm³/mol. The third-order valence-corrected chi connectivity index (χ3v) is 8.65. The van der Waals surface area contributed by atoms with Crippen molar-refractivity contribution in [3.8, 4) is 6.07 Å². The van der Waals surface area contributed by atoms with Crippen LogP contribution >= 0.6 is 7.21 Å². The van der Waals surface area contributed by atoms with Crippen molar-refractivity contribution in [2.75, 3.05) is 26.3 Å². The summed E-state index contributed by atoms with van der Waals surface area (Å²) in [5, 5.41) is 12.4. The third-order valence-electron chi connectivity index (χ3n) is 5.65. The summed E-state index contributed by atoms with van der Waals surface area (Å²) in [6, 6.07) is 33.0. The molecule has 2 heterocycles. The Morgan fingerprint density at radius 3 is 1.84 bits per heavy atom. The molecule has 2 aliphatic rings. The number of rotatable bonds is 4. The van der Waals surface area contributed by atoms with Gasteiger partial charge < -0.3 is 9.64 Å². The van der Waals surface area contributed by atoms with E-state index >= 15 is 0 Å². The number of nitriles is 1. The van der Waals surface area contributed by atoms with Gasteiger partial charge in [-0.05, 0) is 0 Å². The van der Waals surface area contributed by atoms with Gasteiger partial charge in [-0.2, -0.15) is 5.26 Å². The normalized spacial score (nSPS) is 17.8. The van der Waals surface area contributed by atoms with Crippen molar-refractivity contribution in [2.24, 2.45) is 9.51 Å². The van der Waals surface area contributed by atoms with Gasteiger partial charge in [0.2, 0.25) is 0 Å². The third kappa shape index (κ3) is 3.69. The van der Waals surface area contributed by atoms with Gasteiger partial charge in [0, 0.05) is 29.3 Å². The smallest absolute Gasteiger partial charge is 0.150 e. The SMILES string of the molecule is N#CC1=C(N2CCOCC2)N=P(c2ccccc2)(c2ccccc2)N=C1c1ccccc1. The molecule has 1 saturated heterocycles. The average molecular weight is 438 g/mol.